The van der Waals surface area contributed by atoms with Crippen LogP contribution >= 0.6 is 15.9 Å². The lowest BCUT2D eigenvalue weighted by Gasteiger charge is -2.26. The largest absolute Gasteiger partial charge is 0.396 e. The molecule has 0 heterocycles. The monoisotopic (exact) mass is 365 g/mol. The highest BCUT2D eigenvalue weighted by molar-refractivity contribution is 9.10. The molecule has 0 atom stereocenters. The van der Waals surface area contributed by atoms with Crippen LogP contribution in [0.4, 0.5) is 4.39 Å². The molecule has 20 heavy (non-hydrogen) atoms. The first-order valence-corrected chi connectivity index (χ1v) is 8.72. The Labute approximate surface area is 126 Å². The first kappa shape index (κ1) is 15.9. The Morgan fingerprint density at radius 2 is 2.00 bits per heavy atom. The smallest absolute Gasteiger partial charge is 0.243 e. The van der Waals surface area contributed by atoms with Crippen molar-refractivity contribution in [2.75, 3.05) is 13.2 Å². The van der Waals surface area contributed by atoms with Gasteiger partial charge >= 0.3 is 0 Å². The van der Waals surface area contributed by atoms with Gasteiger partial charge < -0.3 is 5.11 Å². The van der Waals surface area contributed by atoms with Gasteiger partial charge in [-0.25, -0.2) is 17.5 Å². The first-order chi connectivity index (χ1) is 9.38. The normalized spacial score (nSPS) is 18.4. The van der Waals surface area contributed by atoms with Gasteiger partial charge in [-0.3, -0.25) is 0 Å². The Bertz CT molecular complexity index is 585. The third-order valence-corrected chi connectivity index (χ3v) is 5.75. The van der Waals surface area contributed by atoms with Crippen LogP contribution in [0.1, 0.15) is 25.7 Å². The molecule has 1 fully saturated rings. The highest BCUT2D eigenvalue weighted by Crippen LogP contribution is 2.37. The first-order valence-electron chi connectivity index (χ1n) is 6.44. The number of rotatable bonds is 5. The van der Waals surface area contributed by atoms with Crippen LogP contribution in [0.25, 0.3) is 0 Å². The van der Waals surface area contributed by atoms with Crippen molar-refractivity contribution in [1.82, 2.24) is 4.72 Å². The molecular weight excluding hydrogens is 349 g/mol. The van der Waals surface area contributed by atoms with Crippen LogP contribution in [-0.2, 0) is 10.0 Å². The molecule has 1 saturated carbocycles. The molecule has 1 aromatic rings. The molecule has 0 radical (unpaired) electrons. The van der Waals surface area contributed by atoms with Gasteiger partial charge in [0.1, 0.15) is 10.7 Å². The maximum Gasteiger partial charge on any atom is 0.243 e. The molecule has 0 spiro atoms. The highest BCUT2D eigenvalue weighted by Gasteiger charge is 2.34. The summed E-state index contributed by atoms with van der Waals surface area (Å²) in [4.78, 5) is -0.369. The van der Waals surface area contributed by atoms with Gasteiger partial charge in [-0.2, -0.15) is 0 Å². The number of aliphatic hydroxyl groups excluding tert-OH is 1. The minimum absolute atomic E-state index is 0.0572. The molecule has 112 valence electrons. The van der Waals surface area contributed by atoms with Crippen LogP contribution in [0.5, 0.6) is 0 Å². The van der Waals surface area contributed by atoms with Crippen LogP contribution in [0.2, 0.25) is 0 Å². The van der Waals surface area contributed by atoms with Gasteiger partial charge in [0.05, 0.1) is 0 Å². The second kappa shape index (κ2) is 6.09. The molecule has 1 aliphatic carbocycles. The van der Waals surface area contributed by atoms with Crippen molar-refractivity contribution in [2.24, 2.45) is 5.41 Å². The predicted octanol–water partition coefficient (Wildman–Crippen LogP) is 2.42. The Kier molecular flexibility index (Phi) is 4.84. The van der Waals surface area contributed by atoms with Gasteiger partial charge in [-0.15, -0.1) is 0 Å². The number of hydrogen-bond donors (Lipinski definition) is 2. The average Bonchev–Trinajstić information content (AvgIpc) is 2.85. The number of halogens is 2. The van der Waals surface area contributed by atoms with E-state index in [1.807, 2.05) is 0 Å². The van der Waals surface area contributed by atoms with E-state index in [1.54, 1.807) is 0 Å². The van der Waals surface area contributed by atoms with Crippen LogP contribution in [-0.4, -0.2) is 26.7 Å². The van der Waals surface area contributed by atoms with Crippen LogP contribution < -0.4 is 4.72 Å². The number of sulfonamides is 1. The maximum absolute atomic E-state index is 13.7. The summed E-state index contributed by atoms with van der Waals surface area (Å²) >= 11 is 3.09. The van der Waals surface area contributed by atoms with Crippen molar-refractivity contribution in [3.05, 3.63) is 28.5 Å². The van der Waals surface area contributed by atoms with E-state index in [0.717, 1.165) is 31.7 Å². The summed E-state index contributed by atoms with van der Waals surface area (Å²) in [6.45, 7) is 0.0830. The maximum atomic E-state index is 13.7. The summed E-state index contributed by atoms with van der Waals surface area (Å²) < 4.78 is 40.9. The molecule has 0 aromatic heterocycles. The lowest BCUT2D eigenvalue weighted by molar-refractivity contribution is 0.134. The summed E-state index contributed by atoms with van der Waals surface area (Å²) in [5.74, 6) is -0.795. The third kappa shape index (κ3) is 3.39. The van der Waals surface area contributed by atoms with E-state index in [1.165, 1.54) is 12.1 Å². The lowest BCUT2D eigenvalue weighted by atomic mass is 9.88. The fourth-order valence-electron chi connectivity index (χ4n) is 2.53. The van der Waals surface area contributed by atoms with E-state index < -0.39 is 21.3 Å². The minimum Gasteiger partial charge on any atom is -0.396 e. The van der Waals surface area contributed by atoms with E-state index in [4.69, 9.17) is 0 Å². The minimum atomic E-state index is -3.90. The quantitative estimate of drug-likeness (QED) is 0.841. The summed E-state index contributed by atoms with van der Waals surface area (Å²) in [7, 11) is -3.90. The summed E-state index contributed by atoms with van der Waals surface area (Å²) in [6, 6.07) is 3.82. The molecule has 7 heteroatoms. The predicted molar refractivity (Wildman–Crippen MR) is 77.3 cm³/mol. The van der Waals surface area contributed by atoms with Gasteiger partial charge in [0, 0.05) is 23.0 Å². The number of aliphatic hydroxyl groups is 1. The van der Waals surface area contributed by atoms with Gasteiger partial charge in [0.2, 0.25) is 10.0 Å². The second-order valence-corrected chi connectivity index (χ2v) is 7.92. The Balaban J connectivity index is 2.15. The molecule has 4 nitrogen and oxygen atoms in total. The average molecular weight is 366 g/mol. The molecular formula is C13H17BrFNO3S. The van der Waals surface area contributed by atoms with E-state index in [2.05, 4.69) is 20.7 Å². The zero-order valence-corrected chi connectivity index (χ0v) is 13.3. The summed E-state index contributed by atoms with van der Waals surface area (Å²) in [6.07, 6.45) is 3.54. The van der Waals surface area contributed by atoms with Crippen molar-refractivity contribution in [2.45, 2.75) is 30.6 Å². The topological polar surface area (TPSA) is 66.4 Å². The second-order valence-electron chi connectivity index (χ2n) is 5.26. The van der Waals surface area contributed by atoms with Gasteiger partial charge in [-0.05, 0) is 31.0 Å². The molecule has 1 aliphatic rings. The van der Waals surface area contributed by atoms with Crippen LogP contribution in [0, 0.1) is 11.2 Å². The molecule has 1 aromatic carbocycles. The molecule has 0 bridgehead atoms. The summed E-state index contributed by atoms with van der Waals surface area (Å²) in [5, 5.41) is 9.46. The van der Waals surface area contributed by atoms with Crippen molar-refractivity contribution in [3.8, 4) is 0 Å². The van der Waals surface area contributed by atoms with Crippen molar-refractivity contribution >= 4 is 26.0 Å². The standard InChI is InChI=1S/C13H17BrFNO3S/c14-10-3-4-12(11(15)7-10)20(18,19)16-8-13(9-17)5-1-2-6-13/h3-4,7,16-17H,1-2,5-6,8-9H2. The molecule has 0 aliphatic heterocycles. The number of hydrogen-bond acceptors (Lipinski definition) is 3. The van der Waals surface area contributed by atoms with E-state index >= 15 is 0 Å². The Morgan fingerprint density at radius 3 is 2.55 bits per heavy atom. The van der Waals surface area contributed by atoms with Gasteiger partial charge in [0.15, 0.2) is 0 Å². The van der Waals surface area contributed by atoms with Crippen LogP contribution in [0.3, 0.4) is 0 Å². The lowest BCUT2D eigenvalue weighted by Crippen LogP contribution is -2.38. The SMILES string of the molecule is O=S(=O)(NCC1(CO)CCCC1)c1ccc(Br)cc1F. The van der Waals surface area contributed by atoms with Crippen molar-refractivity contribution in [1.29, 1.82) is 0 Å². The van der Waals surface area contributed by atoms with Gasteiger partial charge in [0.25, 0.3) is 0 Å². The summed E-state index contributed by atoms with van der Waals surface area (Å²) in [5.41, 5.74) is -0.404. The molecule has 2 rings (SSSR count). The zero-order chi connectivity index (χ0) is 14.8. The Hall–Kier alpha value is -0.500. The molecule has 2 N–H and O–H groups in total. The molecule has 0 saturated heterocycles. The highest BCUT2D eigenvalue weighted by atomic mass is 79.9. The Morgan fingerprint density at radius 1 is 1.35 bits per heavy atom. The number of nitrogens with one attached hydrogen (secondary N) is 1. The van der Waals surface area contributed by atoms with E-state index in [0.29, 0.717) is 4.47 Å². The molecule has 0 amide bonds. The fourth-order valence-corrected chi connectivity index (χ4v) is 4.08. The van der Waals surface area contributed by atoms with E-state index in [9.17, 15) is 17.9 Å². The van der Waals surface area contributed by atoms with Crippen LogP contribution in [0.15, 0.2) is 27.6 Å². The zero-order valence-electron chi connectivity index (χ0n) is 10.9. The third-order valence-electron chi connectivity index (χ3n) is 3.82. The van der Waals surface area contributed by atoms with Gasteiger partial charge in [-0.1, -0.05) is 28.8 Å². The van der Waals surface area contributed by atoms with E-state index in [-0.39, 0.29) is 18.0 Å². The fraction of sp³-hybridized carbons (Fsp3) is 0.538. The number of benzene rings is 1. The van der Waals surface area contributed by atoms with Crippen molar-refractivity contribution < 1.29 is 17.9 Å². The molecule has 0 unspecified atom stereocenters. The van der Waals surface area contributed by atoms with Crippen molar-refractivity contribution in [3.63, 3.8) is 0 Å².